The minimum absolute atomic E-state index is 0.0961. The molecule has 0 unspecified atom stereocenters. The molecule has 68 valence electrons. The van der Waals surface area contributed by atoms with Crippen molar-refractivity contribution in [1.29, 1.82) is 0 Å². The SMILES string of the molecule is CC1=C[C@]2(C(C)C)CC[C@H]1CO2. The molecule has 2 bridgehead atoms. The monoisotopic (exact) mass is 166 g/mol. The summed E-state index contributed by atoms with van der Waals surface area (Å²) in [5, 5.41) is 0. The number of hydrogen-bond acceptors (Lipinski definition) is 1. The van der Waals surface area contributed by atoms with Crippen LogP contribution in [0.3, 0.4) is 0 Å². The minimum Gasteiger partial charge on any atom is -0.370 e. The molecule has 1 fully saturated rings. The molecule has 1 nitrogen and oxygen atoms in total. The van der Waals surface area contributed by atoms with E-state index in [-0.39, 0.29) is 5.60 Å². The van der Waals surface area contributed by atoms with Crippen LogP contribution in [0.4, 0.5) is 0 Å². The van der Waals surface area contributed by atoms with Crippen LogP contribution in [-0.2, 0) is 4.74 Å². The fourth-order valence-electron chi connectivity index (χ4n) is 2.41. The molecule has 0 N–H and O–H groups in total. The van der Waals surface area contributed by atoms with Gasteiger partial charge >= 0.3 is 0 Å². The van der Waals surface area contributed by atoms with Crippen LogP contribution in [0, 0.1) is 11.8 Å². The first-order valence-corrected chi connectivity index (χ1v) is 4.97. The fraction of sp³-hybridized carbons (Fsp3) is 0.818. The molecule has 0 spiro atoms. The Morgan fingerprint density at radius 2 is 2.33 bits per heavy atom. The van der Waals surface area contributed by atoms with Crippen molar-refractivity contribution in [2.24, 2.45) is 11.8 Å². The maximum absolute atomic E-state index is 5.92. The largest absolute Gasteiger partial charge is 0.370 e. The smallest absolute Gasteiger partial charge is 0.0888 e. The maximum atomic E-state index is 5.92. The van der Waals surface area contributed by atoms with Gasteiger partial charge in [0.05, 0.1) is 12.2 Å². The number of rotatable bonds is 1. The molecule has 2 aliphatic heterocycles. The molecule has 0 aromatic carbocycles. The lowest BCUT2D eigenvalue weighted by molar-refractivity contribution is -0.102. The van der Waals surface area contributed by atoms with Crippen LogP contribution in [0.15, 0.2) is 11.6 Å². The zero-order chi connectivity index (χ0) is 8.77. The molecule has 3 rings (SSSR count). The first-order valence-electron chi connectivity index (χ1n) is 4.97. The molecule has 3 aliphatic rings. The Labute approximate surface area is 74.8 Å². The fourth-order valence-corrected chi connectivity index (χ4v) is 2.41. The van der Waals surface area contributed by atoms with E-state index >= 15 is 0 Å². The van der Waals surface area contributed by atoms with Crippen LogP contribution in [0.1, 0.15) is 33.6 Å². The summed E-state index contributed by atoms with van der Waals surface area (Å²) in [4.78, 5) is 0. The number of ether oxygens (including phenoxy) is 1. The van der Waals surface area contributed by atoms with Crippen molar-refractivity contribution in [3.05, 3.63) is 11.6 Å². The molecule has 1 saturated heterocycles. The summed E-state index contributed by atoms with van der Waals surface area (Å²) in [5.74, 6) is 1.35. The van der Waals surface area contributed by atoms with Crippen molar-refractivity contribution in [1.82, 2.24) is 0 Å². The summed E-state index contributed by atoms with van der Waals surface area (Å²) in [6.45, 7) is 7.73. The van der Waals surface area contributed by atoms with Crippen LogP contribution in [-0.4, -0.2) is 12.2 Å². The Hall–Kier alpha value is -0.300. The Morgan fingerprint density at radius 1 is 1.58 bits per heavy atom. The van der Waals surface area contributed by atoms with Crippen LogP contribution >= 0.6 is 0 Å². The molecule has 2 atom stereocenters. The van der Waals surface area contributed by atoms with E-state index in [4.69, 9.17) is 4.74 Å². The van der Waals surface area contributed by atoms with Crippen molar-refractivity contribution in [2.45, 2.75) is 39.2 Å². The normalized spacial score (nSPS) is 40.3. The van der Waals surface area contributed by atoms with Gasteiger partial charge in [-0.05, 0) is 25.7 Å². The van der Waals surface area contributed by atoms with Crippen molar-refractivity contribution in [3.8, 4) is 0 Å². The summed E-state index contributed by atoms with van der Waals surface area (Å²) < 4.78 is 5.92. The zero-order valence-electron chi connectivity index (χ0n) is 8.26. The topological polar surface area (TPSA) is 9.23 Å². The van der Waals surface area contributed by atoms with Gasteiger partial charge in [0.1, 0.15) is 0 Å². The lowest BCUT2D eigenvalue weighted by Crippen LogP contribution is -2.46. The van der Waals surface area contributed by atoms with E-state index < -0.39 is 0 Å². The second-order valence-corrected chi connectivity index (χ2v) is 4.54. The highest BCUT2D eigenvalue weighted by Gasteiger charge is 2.42. The highest BCUT2D eigenvalue weighted by Crippen LogP contribution is 2.43. The van der Waals surface area contributed by atoms with E-state index in [0.29, 0.717) is 5.92 Å². The van der Waals surface area contributed by atoms with Crippen LogP contribution in [0.5, 0.6) is 0 Å². The van der Waals surface area contributed by atoms with Crippen LogP contribution in [0.2, 0.25) is 0 Å². The average molecular weight is 166 g/mol. The molecular formula is C11H18O. The summed E-state index contributed by atoms with van der Waals surface area (Å²) >= 11 is 0. The quantitative estimate of drug-likeness (QED) is 0.544. The van der Waals surface area contributed by atoms with E-state index in [0.717, 1.165) is 12.5 Å². The second kappa shape index (κ2) is 2.59. The van der Waals surface area contributed by atoms with Crippen molar-refractivity contribution < 1.29 is 4.74 Å². The van der Waals surface area contributed by atoms with E-state index in [1.807, 2.05) is 0 Å². The van der Waals surface area contributed by atoms with Gasteiger partial charge in [0, 0.05) is 5.92 Å². The molecule has 0 saturated carbocycles. The Kier molecular flexibility index (Phi) is 1.80. The van der Waals surface area contributed by atoms with E-state index in [1.54, 1.807) is 5.57 Å². The lowest BCUT2D eigenvalue weighted by Gasteiger charge is -2.46. The first-order chi connectivity index (χ1) is 5.64. The highest BCUT2D eigenvalue weighted by atomic mass is 16.5. The van der Waals surface area contributed by atoms with Gasteiger partial charge in [-0.2, -0.15) is 0 Å². The van der Waals surface area contributed by atoms with Crippen LogP contribution in [0.25, 0.3) is 0 Å². The molecule has 0 radical (unpaired) electrons. The summed E-state index contributed by atoms with van der Waals surface area (Å²) in [5.41, 5.74) is 1.65. The van der Waals surface area contributed by atoms with Crippen molar-refractivity contribution in [2.75, 3.05) is 6.61 Å². The van der Waals surface area contributed by atoms with Gasteiger partial charge in [-0.1, -0.05) is 25.5 Å². The van der Waals surface area contributed by atoms with E-state index in [2.05, 4.69) is 26.8 Å². The van der Waals surface area contributed by atoms with Crippen molar-refractivity contribution >= 4 is 0 Å². The number of fused-ring (bicyclic) bond motifs is 2. The summed E-state index contributed by atoms with van der Waals surface area (Å²) in [6.07, 6.45) is 4.93. The van der Waals surface area contributed by atoms with Gasteiger partial charge in [0.25, 0.3) is 0 Å². The molecule has 0 aromatic heterocycles. The molecule has 0 amide bonds. The second-order valence-electron chi connectivity index (χ2n) is 4.54. The van der Waals surface area contributed by atoms with Gasteiger partial charge in [0.2, 0.25) is 0 Å². The molecule has 1 heteroatoms. The maximum Gasteiger partial charge on any atom is 0.0888 e. The van der Waals surface area contributed by atoms with Gasteiger partial charge in [0.15, 0.2) is 0 Å². The Morgan fingerprint density at radius 3 is 2.67 bits per heavy atom. The van der Waals surface area contributed by atoms with E-state index in [1.165, 1.54) is 12.8 Å². The van der Waals surface area contributed by atoms with Gasteiger partial charge < -0.3 is 4.74 Å². The molecule has 0 aromatic rings. The average Bonchev–Trinajstić information content (AvgIpc) is 2.05. The third kappa shape index (κ3) is 1.03. The molecule has 1 aliphatic carbocycles. The third-order valence-corrected chi connectivity index (χ3v) is 3.53. The van der Waals surface area contributed by atoms with E-state index in [9.17, 15) is 0 Å². The minimum atomic E-state index is 0.0961. The van der Waals surface area contributed by atoms with Gasteiger partial charge in [-0.25, -0.2) is 0 Å². The lowest BCUT2D eigenvalue weighted by atomic mass is 9.72. The first kappa shape index (κ1) is 8.31. The van der Waals surface area contributed by atoms with Crippen molar-refractivity contribution in [3.63, 3.8) is 0 Å². The van der Waals surface area contributed by atoms with Gasteiger partial charge in [-0.3, -0.25) is 0 Å². The summed E-state index contributed by atoms with van der Waals surface area (Å²) in [7, 11) is 0. The summed E-state index contributed by atoms with van der Waals surface area (Å²) in [6, 6.07) is 0. The predicted octanol–water partition coefficient (Wildman–Crippen LogP) is 2.77. The predicted molar refractivity (Wildman–Crippen MR) is 50.0 cm³/mol. The molecule has 2 heterocycles. The zero-order valence-corrected chi connectivity index (χ0v) is 8.26. The highest BCUT2D eigenvalue weighted by molar-refractivity contribution is 5.21. The Bertz CT molecular complexity index is 207. The Balaban J connectivity index is 2.32. The van der Waals surface area contributed by atoms with Gasteiger partial charge in [-0.15, -0.1) is 0 Å². The molecular weight excluding hydrogens is 148 g/mol. The molecule has 12 heavy (non-hydrogen) atoms. The number of hydrogen-bond donors (Lipinski definition) is 0. The standard InChI is InChI=1S/C11H18O/c1-8(2)11-5-4-10(7-12-11)9(3)6-11/h6,8,10H,4-5,7H2,1-3H3/t10-,11-/m0/s1. The third-order valence-electron chi connectivity index (χ3n) is 3.53. The van der Waals surface area contributed by atoms with Crippen LogP contribution < -0.4 is 0 Å².